The molecule has 0 radical (unpaired) electrons. The Morgan fingerprint density at radius 3 is 2.81 bits per heavy atom. The van der Waals surface area contributed by atoms with E-state index in [0.717, 1.165) is 13.0 Å². The summed E-state index contributed by atoms with van der Waals surface area (Å²) in [6, 6.07) is 9.66. The molecule has 1 amide bonds. The number of nitrogens with zero attached hydrogens (tertiary/aromatic N) is 1. The summed E-state index contributed by atoms with van der Waals surface area (Å²) in [6.45, 7) is 6.84. The van der Waals surface area contributed by atoms with E-state index in [9.17, 15) is 9.59 Å². The third kappa shape index (κ3) is 4.45. The van der Waals surface area contributed by atoms with Crippen LogP contribution < -0.4 is 20.4 Å². The molecule has 26 heavy (non-hydrogen) atoms. The average Bonchev–Trinajstić information content (AvgIpc) is 2.96. The fraction of sp³-hybridized carbons (Fsp3) is 0.400. The molecule has 1 aromatic heterocycles. The second-order valence-corrected chi connectivity index (χ2v) is 7.46. The SMILES string of the molecule is CC(C)(C)NC(=O)COc1coc(CN2CCc3ccccc32)cc1=O. The van der Waals surface area contributed by atoms with Gasteiger partial charge in [-0.05, 0) is 38.8 Å². The molecule has 1 aliphatic rings. The van der Waals surface area contributed by atoms with Gasteiger partial charge in [-0.25, -0.2) is 0 Å². The Balaban J connectivity index is 1.62. The molecule has 1 aliphatic heterocycles. The predicted octanol–water partition coefficient (Wildman–Crippen LogP) is 2.50. The lowest BCUT2D eigenvalue weighted by Crippen LogP contribution is -2.43. The molecule has 3 rings (SSSR count). The quantitative estimate of drug-likeness (QED) is 0.891. The Hall–Kier alpha value is -2.76. The Labute approximate surface area is 152 Å². The number of hydrogen-bond acceptors (Lipinski definition) is 5. The fourth-order valence-electron chi connectivity index (χ4n) is 2.98. The highest BCUT2D eigenvalue weighted by molar-refractivity contribution is 5.78. The van der Waals surface area contributed by atoms with Crippen molar-refractivity contribution in [1.82, 2.24) is 5.32 Å². The summed E-state index contributed by atoms with van der Waals surface area (Å²) >= 11 is 0. The summed E-state index contributed by atoms with van der Waals surface area (Å²) < 4.78 is 10.8. The molecular formula is C20H24N2O4. The van der Waals surface area contributed by atoms with Crippen LogP contribution in [0.25, 0.3) is 0 Å². The van der Waals surface area contributed by atoms with Crippen LogP contribution >= 0.6 is 0 Å². The molecule has 0 unspecified atom stereocenters. The van der Waals surface area contributed by atoms with Gasteiger partial charge in [-0.1, -0.05) is 18.2 Å². The molecule has 1 N–H and O–H groups in total. The van der Waals surface area contributed by atoms with Crippen LogP contribution in [0.15, 0.2) is 45.8 Å². The second-order valence-electron chi connectivity index (χ2n) is 7.46. The van der Waals surface area contributed by atoms with Crippen molar-refractivity contribution >= 4 is 11.6 Å². The van der Waals surface area contributed by atoms with Gasteiger partial charge in [0.1, 0.15) is 12.0 Å². The average molecular weight is 356 g/mol. The summed E-state index contributed by atoms with van der Waals surface area (Å²) in [5, 5.41) is 2.77. The number of carbonyl (C=O) groups excluding carboxylic acids is 1. The maximum Gasteiger partial charge on any atom is 0.258 e. The summed E-state index contributed by atoms with van der Waals surface area (Å²) in [7, 11) is 0. The number of rotatable bonds is 5. The van der Waals surface area contributed by atoms with E-state index in [2.05, 4.69) is 22.3 Å². The van der Waals surface area contributed by atoms with Crippen molar-refractivity contribution in [3.8, 4) is 5.75 Å². The monoisotopic (exact) mass is 356 g/mol. The van der Waals surface area contributed by atoms with E-state index in [1.54, 1.807) is 0 Å². The first-order chi connectivity index (χ1) is 12.3. The van der Waals surface area contributed by atoms with E-state index in [1.165, 1.54) is 23.6 Å². The second kappa shape index (κ2) is 7.23. The largest absolute Gasteiger partial charge is 0.477 e. The minimum absolute atomic E-state index is 0.0413. The number of para-hydroxylation sites is 1. The highest BCUT2D eigenvalue weighted by atomic mass is 16.5. The lowest BCUT2D eigenvalue weighted by Gasteiger charge is -2.20. The molecule has 0 bridgehead atoms. The Kier molecular flexibility index (Phi) is 5.02. The number of anilines is 1. The lowest BCUT2D eigenvalue weighted by molar-refractivity contribution is -0.124. The zero-order valence-electron chi connectivity index (χ0n) is 15.4. The minimum atomic E-state index is -0.346. The summed E-state index contributed by atoms with van der Waals surface area (Å²) in [5.41, 5.74) is 1.84. The van der Waals surface area contributed by atoms with Gasteiger partial charge in [0.05, 0.1) is 6.54 Å². The van der Waals surface area contributed by atoms with E-state index in [-0.39, 0.29) is 29.2 Å². The number of benzene rings is 1. The molecule has 6 heteroatoms. The van der Waals surface area contributed by atoms with Crippen LogP contribution in [0.2, 0.25) is 0 Å². The molecule has 0 fully saturated rings. The standard InChI is InChI=1S/C20H24N2O4/c1-20(2,3)21-19(24)13-26-18-12-25-15(10-17(18)23)11-22-9-8-14-6-4-5-7-16(14)22/h4-7,10,12H,8-9,11,13H2,1-3H3,(H,21,24). The maximum atomic E-state index is 12.2. The Morgan fingerprint density at radius 1 is 1.31 bits per heavy atom. The zero-order valence-corrected chi connectivity index (χ0v) is 15.4. The van der Waals surface area contributed by atoms with E-state index in [1.807, 2.05) is 32.9 Å². The van der Waals surface area contributed by atoms with Crippen LogP contribution in [0.3, 0.4) is 0 Å². The van der Waals surface area contributed by atoms with Gasteiger partial charge in [0.15, 0.2) is 6.61 Å². The molecule has 6 nitrogen and oxygen atoms in total. The normalized spacial score (nSPS) is 13.4. The maximum absolute atomic E-state index is 12.2. The topological polar surface area (TPSA) is 71.8 Å². The molecule has 1 aromatic carbocycles. The summed E-state index contributed by atoms with van der Waals surface area (Å²) in [5.74, 6) is 0.326. The van der Waals surface area contributed by atoms with Gasteiger partial charge >= 0.3 is 0 Å². The highest BCUT2D eigenvalue weighted by Gasteiger charge is 2.20. The third-order valence-corrected chi connectivity index (χ3v) is 4.06. The van der Waals surface area contributed by atoms with Crippen molar-refractivity contribution in [3.05, 3.63) is 58.1 Å². The van der Waals surface area contributed by atoms with Crippen molar-refractivity contribution in [2.75, 3.05) is 18.1 Å². The van der Waals surface area contributed by atoms with Gasteiger partial charge in [-0.2, -0.15) is 0 Å². The van der Waals surface area contributed by atoms with Crippen LogP contribution in [0, 0.1) is 0 Å². The molecule has 0 saturated carbocycles. The van der Waals surface area contributed by atoms with Gasteiger partial charge < -0.3 is 19.4 Å². The van der Waals surface area contributed by atoms with Gasteiger partial charge in [0, 0.05) is 23.8 Å². The molecule has 0 spiro atoms. The van der Waals surface area contributed by atoms with Crippen LogP contribution in [-0.4, -0.2) is 24.6 Å². The van der Waals surface area contributed by atoms with Crippen molar-refractivity contribution < 1.29 is 13.9 Å². The van der Waals surface area contributed by atoms with E-state index in [0.29, 0.717) is 12.3 Å². The van der Waals surface area contributed by atoms with Crippen molar-refractivity contribution in [2.45, 2.75) is 39.3 Å². The molecule has 138 valence electrons. The number of fused-ring (bicyclic) bond motifs is 1. The molecular weight excluding hydrogens is 332 g/mol. The van der Waals surface area contributed by atoms with Crippen LogP contribution in [0.5, 0.6) is 5.75 Å². The number of amides is 1. The first-order valence-corrected chi connectivity index (χ1v) is 8.70. The summed E-state index contributed by atoms with van der Waals surface area (Å²) in [4.78, 5) is 26.2. The first-order valence-electron chi connectivity index (χ1n) is 8.70. The van der Waals surface area contributed by atoms with Gasteiger partial charge in [-0.3, -0.25) is 9.59 Å². The lowest BCUT2D eigenvalue weighted by atomic mass is 10.1. The van der Waals surface area contributed by atoms with Crippen LogP contribution in [-0.2, 0) is 17.8 Å². The van der Waals surface area contributed by atoms with Gasteiger partial charge in [-0.15, -0.1) is 0 Å². The van der Waals surface area contributed by atoms with Crippen molar-refractivity contribution in [2.24, 2.45) is 0 Å². The number of carbonyl (C=O) groups is 1. The van der Waals surface area contributed by atoms with Crippen molar-refractivity contribution in [3.63, 3.8) is 0 Å². The highest BCUT2D eigenvalue weighted by Crippen LogP contribution is 2.28. The Morgan fingerprint density at radius 2 is 2.08 bits per heavy atom. The molecule has 2 heterocycles. The van der Waals surface area contributed by atoms with E-state index in [4.69, 9.17) is 9.15 Å². The minimum Gasteiger partial charge on any atom is -0.477 e. The molecule has 2 aromatic rings. The Bertz CT molecular complexity index is 851. The smallest absolute Gasteiger partial charge is 0.258 e. The summed E-state index contributed by atoms with van der Waals surface area (Å²) in [6.07, 6.45) is 2.27. The number of hydrogen-bond donors (Lipinski definition) is 1. The van der Waals surface area contributed by atoms with E-state index < -0.39 is 0 Å². The number of nitrogens with one attached hydrogen (secondary N) is 1. The zero-order chi connectivity index (χ0) is 18.7. The van der Waals surface area contributed by atoms with Gasteiger partial charge in [0.2, 0.25) is 11.2 Å². The van der Waals surface area contributed by atoms with Crippen molar-refractivity contribution in [1.29, 1.82) is 0 Å². The predicted molar refractivity (Wildman–Crippen MR) is 99.6 cm³/mol. The van der Waals surface area contributed by atoms with Crippen LogP contribution in [0.4, 0.5) is 5.69 Å². The fourth-order valence-corrected chi connectivity index (χ4v) is 2.98. The molecule has 0 atom stereocenters. The van der Waals surface area contributed by atoms with Crippen LogP contribution in [0.1, 0.15) is 32.1 Å². The molecule has 0 saturated heterocycles. The number of ether oxygens (including phenoxy) is 1. The molecule has 0 aliphatic carbocycles. The first kappa shape index (κ1) is 18.0. The van der Waals surface area contributed by atoms with Gasteiger partial charge in [0.25, 0.3) is 5.91 Å². The van der Waals surface area contributed by atoms with E-state index >= 15 is 0 Å². The third-order valence-electron chi connectivity index (χ3n) is 4.06.